The number of nitrogens with one attached hydrogen (secondary N) is 2. The maximum absolute atomic E-state index is 13.5. The lowest BCUT2D eigenvalue weighted by Gasteiger charge is -2.10. The highest BCUT2D eigenvalue weighted by atomic mass is 19.1. The van der Waals surface area contributed by atoms with Gasteiger partial charge in [0.05, 0.1) is 12.7 Å². The molecular weight excluding hydrogens is 254 g/mol. The quantitative estimate of drug-likeness (QED) is 0.831. The van der Waals surface area contributed by atoms with Gasteiger partial charge in [0, 0.05) is 25.4 Å². The minimum Gasteiger partial charge on any atom is -0.368 e. The average Bonchev–Trinajstić information content (AvgIpc) is 2.88. The molecule has 0 spiro atoms. The van der Waals surface area contributed by atoms with Gasteiger partial charge in [0.25, 0.3) is 0 Å². The molecule has 2 N–H and O–H groups in total. The number of hydrogen-bond acceptors (Lipinski definition) is 5. The smallest absolute Gasteiger partial charge is 0.168 e. The lowest BCUT2D eigenvalue weighted by Crippen LogP contribution is -2.14. The van der Waals surface area contributed by atoms with Crippen LogP contribution in [0.4, 0.5) is 20.4 Å². The van der Waals surface area contributed by atoms with E-state index in [4.69, 9.17) is 0 Å². The van der Waals surface area contributed by atoms with Crippen LogP contribution in [-0.2, 0) is 6.54 Å². The zero-order chi connectivity index (χ0) is 13.7. The van der Waals surface area contributed by atoms with Gasteiger partial charge in [-0.2, -0.15) is 0 Å². The van der Waals surface area contributed by atoms with Crippen molar-refractivity contribution in [1.29, 1.82) is 0 Å². The summed E-state index contributed by atoms with van der Waals surface area (Å²) in [6.07, 6.45) is 3.25. The molecule has 0 fully saturated rings. The summed E-state index contributed by atoms with van der Waals surface area (Å²) in [5, 5.41) is 12.9. The molecule has 0 aliphatic carbocycles. The van der Waals surface area contributed by atoms with Crippen molar-refractivity contribution in [3.8, 4) is 0 Å². The zero-order valence-corrected chi connectivity index (χ0v) is 10.4. The van der Waals surface area contributed by atoms with E-state index < -0.39 is 11.6 Å². The molecule has 19 heavy (non-hydrogen) atoms. The molecule has 0 bridgehead atoms. The number of aromatic nitrogens is 4. The van der Waals surface area contributed by atoms with Crippen molar-refractivity contribution < 1.29 is 8.78 Å². The standard InChI is InChI=1S/C11H14F2N6/c1-2-14-10-8(12)7-9(13)11(17-10)15-3-5-19-6-4-16-18-19/h4,6-7H,2-3,5H2,1H3,(H2,14,15,17). The molecule has 6 nitrogen and oxygen atoms in total. The lowest BCUT2D eigenvalue weighted by atomic mass is 10.4. The second-order valence-electron chi connectivity index (χ2n) is 3.77. The largest absolute Gasteiger partial charge is 0.368 e. The molecule has 0 saturated heterocycles. The van der Waals surface area contributed by atoms with E-state index in [-0.39, 0.29) is 11.6 Å². The third kappa shape index (κ3) is 3.36. The first kappa shape index (κ1) is 13.2. The number of pyridine rings is 1. The Morgan fingerprint density at radius 1 is 1.21 bits per heavy atom. The topological polar surface area (TPSA) is 67.7 Å². The molecule has 0 unspecified atom stereocenters. The van der Waals surface area contributed by atoms with Crippen LogP contribution in [-0.4, -0.2) is 33.1 Å². The maximum atomic E-state index is 13.5. The van der Waals surface area contributed by atoms with Crippen LogP contribution in [0.1, 0.15) is 6.92 Å². The van der Waals surface area contributed by atoms with Crippen LogP contribution in [0.2, 0.25) is 0 Å². The molecule has 0 aliphatic rings. The number of anilines is 2. The third-order valence-corrected chi connectivity index (χ3v) is 2.38. The highest BCUT2D eigenvalue weighted by Gasteiger charge is 2.10. The Balaban J connectivity index is 2.00. The molecule has 2 rings (SSSR count). The fourth-order valence-electron chi connectivity index (χ4n) is 1.52. The molecule has 0 aromatic carbocycles. The first-order chi connectivity index (χ1) is 9.20. The molecule has 0 radical (unpaired) electrons. The van der Waals surface area contributed by atoms with Gasteiger partial charge in [0.1, 0.15) is 0 Å². The van der Waals surface area contributed by atoms with Gasteiger partial charge in [0.2, 0.25) is 0 Å². The molecule has 102 valence electrons. The van der Waals surface area contributed by atoms with Gasteiger partial charge in [-0.05, 0) is 6.92 Å². The summed E-state index contributed by atoms with van der Waals surface area (Å²) in [5.74, 6) is -1.39. The van der Waals surface area contributed by atoms with Crippen LogP contribution in [0.5, 0.6) is 0 Å². The number of rotatable bonds is 6. The maximum Gasteiger partial charge on any atom is 0.168 e. The monoisotopic (exact) mass is 268 g/mol. The van der Waals surface area contributed by atoms with E-state index in [0.717, 1.165) is 6.07 Å². The summed E-state index contributed by atoms with van der Waals surface area (Å²) in [6, 6.07) is 0.808. The van der Waals surface area contributed by atoms with E-state index in [1.165, 1.54) is 0 Å². The molecule has 0 saturated carbocycles. The fraction of sp³-hybridized carbons (Fsp3) is 0.364. The Kier molecular flexibility index (Phi) is 4.22. The normalized spacial score (nSPS) is 10.5. The second-order valence-corrected chi connectivity index (χ2v) is 3.77. The third-order valence-electron chi connectivity index (χ3n) is 2.38. The van der Waals surface area contributed by atoms with E-state index in [9.17, 15) is 8.78 Å². The summed E-state index contributed by atoms with van der Waals surface area (Å²) in [6.45, 7) is 3.23. The Morgan fingerprint density at radius 3 is 2.58 bits per heavy atom. The summed E-state index contributed by atoms with van der Waals surface area (Å²) in [5.41, 5.74) is 0. The number of nitrogens with zero attached hydrogens (tertiary/aromatic N) is 4. The van der Waals surface area contributed by atoms with E-state index >= 15 is 0 Å². The summed E-state index contributed by atoms with van der Waals surface area (Å²) in [4.78, 5) is 3.86. The molecule has 0 atom stereocenters. The van der Waals surface area contributed by atoms with Gasteiger partial charge < -0.3 is 10.6 Å². The summed E-state index contributed by atoms with van der Waals surface area (Å²) >= 11 is 0. The van der Waals surface area contributed by atoms with Crippen LogP contribution >= 0.6 is 0 Å². The predicted molar refractivity (Wildman–Crippen MR) is 66.8 cm³/mol. The molecule has 0 aliphatic heterocycles. The van der Waals surface area contributed by atoms with Crippen molar-refractivity contribution >= 4 is 11.6 Å². The van der Waals surface area contributed by atoms with E-state index in [0.29, 0.717) is 19.6 Å². The molecule has 8 heteroatoms. The van der Waals surface area contributed by atoms with Gasteiger partial charge in [-0.3, -0.25) is 4.68 Å². The first-order valence-electron chi connectivity index (χ1n) is 5.88. The van der Waals surface area contributed by atoms with Gasteiger partial charge in [-0.25, -0.2) is 13.8 Å². The van der Waals surface area contributed by atoms with Crippen LogP contribution in [0.15, 0.2) is 18.5 Å². The van der Waals surface area contributed by atoms with E-state index in [1.54, 1.807) is 17.1 Å². The summed E-state index contributed by atoms with van der Waals surface area (Å²) in [7, 11) is 0. The number of hydrogen-bond donors (Lipinski definition) is 2. The van der Waals surface area contributed by atoms with Crippen molar-refractivity contribution in [3.63, 3.8) is 0 Å². The zero-order valence-electron chi connectivity index (χ0n) is 10.4. The Labute approximate surface area is 108 Å². The molecule has 2 aromatic rings. The molecular formula is C11H14F2N6. The highest BCUT2D eigenvalue weighted by molar-refractivity contribution is 5.47. The van der Waals surface area contributed by atoms with Gasteiger partial charge >= 0.3 is 0 Å². The summed E-state index contributed by atoms with van der Waals surface area (Å²) < 4.78 is 28.5. The Hall–Kier alpha value is -2.25. The first-order valence-corrected chi connectivity index (χ1v) is 5.88. The average molecular weight is 268 g/mol. The molecule has 2 aromatic heterocycles. The van der Waals surface area contributed by atoms with Crippen molar-refractivity contribution in [3.05, 3.63) is 30.1 Å². The van der Waals surface area contributed by atoms with E-state index in [1.807, 2.05) is 6.92 Å². The van der Waals surface area contributed by atoms with Crippen LogP contribution in [0.25, 0.3) is 0 Å². The van der Waals surface area contributed by atoms with Gasteiger partial charge in [-0.1, -0.05) is 5.21 Å². The lowest BCUT2D eigenvalue weighted by molar-refractivity contribution is 0.573. The van der Waals surface area contributed by atoms with Gasteiger partial charge in [0.15, 0.2) is 23.3 Å². The van der Waals surface area contributed by atoms with Crippen molar-refractivity contribution in [2.45, 2.75) is 13.5 Å². The highest BCUT2D eigenvalue weighted by Crippen LogP contribution is 2.18. The Bertz CT molecular complexity index is 528. The molecule has 0 amide bonds. The van der Waals surface area contributed by atoms with Crippen molar-refractivity contribution in [2.75, 3.05) is 23.7 Å². The minimum absolute atomic E-state index is 0.0115. The Morgan fingerprint density at radius 2 is 1.95 bits per heavy atom. The van der Waals surface area contributed by atoms with Crippen molar-refractivity contribution in [1.82, 2.24) is 20.0 Å². The predicted octanol–water partition coefficient (Wildman–Crippen LogP) is 1.50. The van der Waals surface area contributed by atoms with Crippen molar-refractivity contribution in [2.24, 2.45) is 0 Å². The fourth-order valence-corrected chi connectivity index (χ4v) is 1.52. The molecule has 2 heterocycles. The van der Waals surface area contributed by atoms with Crippen LogP contribution < -0.4 is 10.6 Å². The SMILES string of the molecule is CCNc1nc(NCCn2ccnn2)c(F)cc1F. The number of halogens is 2. The second kappa shape index (κ2) is 6.07. The van der Waals surface area contributed by atoms with Crippen LogP contribution in [0, 0.1) is 11.6 Å². The minimum atomic E-state index is -0.724. The van der Waals surface area contributed by atoms with Crippen LogP contribution in [0.3, 0.4) is 0 Å². The van der Waals surface area contributed by atoms with Gasteiger partial charge in [-0.15, -0.1) is 5.10 Å². The van der Waals surface area contributed by atoms with E-state index in [2.05, 4.69) is 25.9 Å².